The number of rotatable bonds is 11. The van der Waals surface area contributed by atoms with Crippen molar-refractivity contribution >= 4 is 50.9 Å². The Labute approximate surface area is 255 Å². The lowest BCUT2D eigenvalue weighted by Crippen LogP contribution is -2.53. The van der Waals surface area contributed by atoms with Gasteiger partial charge in [0.25, 0.3) is 5.91 Å². The van der Waals surface area contributed by atoms with E-state index in [0.717, 1.165) is 41.3 Å². The van der Waals surface area contributed by atoms with Gasteiger partial charge < -0.3 is 15.0 Å². The molecular weight excluding hydrogens is 611 g/mol. The van der Waals surface area contributed by atoms with E-state index in [1.165, 1.54) is 0 Å². The van der Waals surface area contributed by atoms with Crippen molar-refractivity contribution in [3.05, 3.63) is 97.9 Å². The van der Waals surface area contributed by atoms with E-state index in [-0.39, 0.29) is 31.0 Å². The zero-order valence-corrected chi connectivity index (χ0v) is 25.9. The number of ether oxygens (including phenoxy) is 1. The molecule has 1 unspecified atom stereocenters. The van der Waals surface area contributed by atoms with Gasteiger partial charge in [0.1, 0.15) is 11.8 Å². The molecule has 3 aromatic rings. The van der Waals surface area contributed by atoms with Crippen LogP contribution in [0.2, 0.25) is 10.0 Å². The van der Waals surface area contributed by atoms with Gasteiger partial charge in [-0.2, -0.15) is 0 Å². The highest BCUT2D eigenvalue weighted by molar-refractivity contribution is 9.10. The summed E-state index contributed by atoms with van der Waals surface area (Å²) in [5.41, 5.74) is 2.70. The number of nitrogens with one attached hydrogen (secondary N) is 1. The normalized spacial score (nSPS) is 14.2. The van der Waals surface area contributed by atoms with Gasteiger partial charge in [-0.15, -0.1) is 0 Å². The van der Waals surface area contributed by atoms with Crippen LogP contribution in [0, 0.1) is 0 Å². The van der Waals surface area contributed by atoms with E-state index < -0.39 is 6.04 Å². The first-order valence-electron chi connectivity index (χ1n) is 13.7. The van der Waals surface area contributed by atoms with Crippen LogP contribution in [-0.2, 0) is 22.6 Å². The molecule has 0 heterocycles. The van der Waals surface area contributed by atoms with Gasteiger partial charge in [0.2, 0.25) is 5.91 Å². The average molecular weight is 646 g/mol. The van der Waals surface area contributed by atoms with Gasteiger partial charge in [0, 0.05) is 34.6 Å². The Kier molecular flexibility index (Phi) is 10.9. The van der Waals surface area contributed by atoms with Crippen LogP contribution in [0.1, 0.15) is 62.1 Å². The van der Waals surface area contributed by atoms with Crippen molar-refractivity contribution in [3.63, 3.8) is 0 Å². The average Bonchev–Trinajstić information content (AvgIpc) is 3.44. The van der Waals surface area contributed by atoms with E-state index in [0.29, 0.717) is 33.7 Å². The predicted molar refractivity (Wildman–Crippen MR) is 165 cm³/mol. The molecule has 1 aliphatic rings. The molecule has 5 nitrogen and oxygen atoms in total. The molecule has 0 aromatic heterocycles. The summed E-state index contributed by atoms with van der Waals surface area (Å²) in [4.78, 5) is 29.3. The van der Waals surface area contributed by atoms with Crippen molar-refractivity contribution in [2.45, 2.75) is 70.5 Å². The van der Waals surface area contributed by atoms with Gasteiger partial charge in [0.15, 0.2) is 6.61 Å². The monoisotopic (exact) mass is 644 g/mol. The number of benzene rings is 3. The van der Waals surface area contributed by atoms with Crippen LogP contribution in [0.25, 0.3) is 0 Å². The molecular formula is C32H35BrCl2N2O3. The van der Waals surface area contributed by atoms with Crippen LogP contribution in [0.3, 0.4) is 0 Å². The summed E-state index contributed by atoms with van der Waals surface area (Å²) in [6.45, 7) is 4.06. The molecule has 40 heavy (non-hydrogen) atoms. The summed E-state index contributed by atoms with van der Waals surface area (Å²) < 4.78 is 6.76. The molecule has 1 saturated carbocycles. The lowest BCUT2D eigenvalue weighted by molar-refractivity contribution is -0.143. The van der Waals surface area contributed by atoms with Crippen molar-refractivity contribution in [2.75, 3.05) is 6.61 Å². The zero-order chi connectivity index (χ0) is 28.6. The van der Waals surface area contributed by atoms with Crippen LogP contribution in [-0.4, -0.2) is 35.4 Å². The molecule has 1 aliphatic carbocycles. The summed E-state index contributed by atoms with van der Waals surface area (Å²) in [7, 11) is 0. The van der Waals surface area contributed by atoms with Gasteiger partial charge in [-0.05, 0) is 70.1 Å². The Morgan fingerprint density at radius 1 is 1.00 bits per heavy atom. The second-order valence-corrected chi connectivity index (χ2v) is 12.2. The van der Waals surface area contributed by atoms with Gasteiger partial charge in [-0.25, -0.2) is 0 Å². The number of carbonyl (C=O) groups excluding carboxylic acids is 2. The molecule has 1 N–H and O–H groups in total. The molecule has 0 radical (unpaired) electrons. The van der Waals surface area contributed by atoms with Gasteiger partial charge >= 0.3 is 0 Å². The van der Waals surface area contributed by atoms with E-state index >= 15 is 0 Å². The van der Waals surface area contributed by atoms with Crippen molar-refractivity contribution in [1.29, 1.82) is 0 Å². The molecule has 212 valence electrons. The Morgan fingerprint density at radius 2 is 1.68 bits per heavy atom. The lowest BCUT2D eigenvalue weighted by atomic mass is 10.0. The Bertz CT molecular complexity index is 1290. The number of halogens is 3. The molecule has 3 aromatic carbocycles. The first kappa shape index (κ1) is 30.4. The molecule has 1 fully saturated rings. The van der Waals surface area contributed by atoms with Crippen molar-refractivity contribution in [3.8, 4) is 5.75 Å². The fraction of sp³-hybridized carbons (Fsp3) is 0.375. The van der Waals surface area contributed by atoms with Gasteiger partial charge in [0.05, 0.1) is 4.47 Å². The molecule has 4 rings (SSSR count). The number of nitrogens with zero attached hydrogens (tertiary/aromatic N) is 1. The predicted octanol–water partition coefficient (Wildman–Crippen LogP) is 7.96. The summed E-state index contributed by atoms with van der Waals surface area (Å²) in [5.74, 6) is 0.400. The Hall–Kier alpha value is -2.54. The first-order chi connectivity index (χ1) is 19.2. The van der Waals surface area contributed by atoms with Crippen LogP contribution >= 0.6 is 39.1 Å². The third-order valence-corrected chi connectivity index (χ3v) is 8.66. The molecule has 1 atom stereocenters. The zero-order valence-electron chi connectivity index (χ0n) is 22.8. The summed E-state index contributed by atoms with van der Waals surface area (Å²) in [6, 6.07) is 20.1. The quantitative estimate of drug-likeness (QED) is 0.230. The minimum Gasteiger partial charge on any atom is -0.483 e. The first-order valence-corrected chi connectivity index (χ1v) is 15.3. The van der Waals surface area contributed by atoms with E-state index in [1.54, 1.807) is 23.1 Å². The minimum absolute atomic E-state index is 0.0732. The summed E-state index contributed by atoms with van der Waals surface area (Å²) in [6.07, 6.45) is 4.41. The Balaban J connectivity index is 1.64. The van der Waals surface area contributed by atoms with Gasteiger partial charge in [-0.3, -0.25) is 9.59 Å². The molecule has 0 saturated heterocycles. The van der Waals surface area contributed by atoms with E-state index in [1.807, 2.05) is 48.5 Å². The third kappa shape index (κ3) is 8.02. The number of hydrogen-bond acceptors (Lipinski definition) is 3. The lowest BCUT2D eigenvalue weighted by Gasteiger charge is -2.32. The second kappa shape index (κ2) is 14.4. The number of hydrogen-bond donors (Lipinski definition) is 1. The topological polar surface area (TPSA) is 58.6 Å². The molecule has 0 spiro atoms. The highest BCUT2D eigenvalue weighted by atomic mass is 79.9. The van der Waals surface area contributed by atoms with E-state index in [2.05, 4.69) is 35.1 Å². The maximum absolute atomic E-state index is 13.9. The van der Waals surface area contributed by atoms with Gasteiger partial charge in [-0.1, -0.05) is 92.4 Å². The maximum Gasteiger partial charge on any atom is 0.261 e. The number of carbonyl (C=O) groups is 2. The van der Waals surface area contributed by atoms with E-state index in [9.17, 15) is 9.59 Å². The van der Waals surface area contributed by atoms with Crippen LogP contribution in [0.15, 0.2) is 71.2 Å². The fourth-order valence-corrected chi connectivity index (χ4v) is 6.02. The van der Waals surface area contributed by atoms with Crippen LogP contribution in [0.5, 0.6) is 5.75 Å². The van der Waals surface area contributed by atoms with Crippen LogP contribution < -0.4 is 10.1 Å². The van der Waals surface area contributed by atoms with E-state index in [4.69, 9.17) is 27.9 Å². The highest BCUT2D eigenvalue weighted by Crippen LogP contribution is 2.30. The second-order valence-electron chi connectivity index (χ2n) is 10.6. The SMILES string of the molecule is CC(C)c1ccc(OCC(=O)N(Cc2c(Cl)cccc2Cl)C(Cc2ccccc2)C(=O)NC2CCCC2)c(Br)c1. The maximum atomic E-state index is 13.9. The highest BCUT2D eigenvalue weighted by Gasteiger charge is 2.33. The molecule has 2 amide bonds. The molecule has 0 bridgehead atoms. The standard InChI is InChI=1S/C32H35BrCl2N2O3/c1-21(2)23-15-16-30(26(33)18-23)40-20-31(38)37(19-25-27(34)13-8-14-28(25)35)29(17-22-9-4-3-5-10-22)32(39)36-24-11-6-7-12-24/h3-5,8-10,13-16,18,21,24,29H,6-7,11-12,17,19-20H2,1-2H3,(H,36,39). The van der Waals surface area contributed by atoms with Crippen LogP contribution in [0.4, 0.5) is 0 Å². The number of amides is 2. The fourth-order valence-electron chi connectivity index (χ4n) is 4.99. The molecule has 8 heteroatoms. The summed E-state index contributed by atoms with van der Waals surface area (Å²) >= 11 is 16.6. The summed E-state index contributed by atoms with van der Waals surface area (Å²) in [5, 5.41) is 4.08. The minimum atomic E-state index is -0.779. The van der Waals surface area contributed by atoms with Crippen molar-refractivity contribution in [1.82, 2.24) is 10.2 Å². The Morgan fingerprint density at radius 3 is 2.30 bits per heavy atom. The van der Waals surface area contributed by atoms with Crippen molar-refractivity contribution < 1.29 is 14.3 Å². The van der Waals surface area contributed by atoms with Crippen molar-refractivity contribution in [2.24, 2.45) is 0 Å². The third-order valence-electron chi connectivity index (χ3n) is 7.34. The molecule has 0 aliphatic heterocycles. The largest absolute Gasteiger partial charge is 0.483 e. The smallest absolute Gasteiger partial charge is 0.261 e.